The van der Waals surface area contributed by atoms with Gasteiger partial charge in [0.1, 0.15) is 11.8 Å². The molecule has 2 aromatic carbocycles. The Morgan fingerprint density at radius 2 is 1.69 bits per heavy atom. The SMILES string of the molecule is COc1ccc(C(=O)N[C@H](C(=O)N2CCOCC2)c2ccccc2)cc1. The Kier molecular flexibility index (Phi) is 5.86. The van der Waals surface area contributed by atoms with Gasteiger partial charge in [-0.3, -0.25) is 9.59 Å². The lowest BCUT2D eigenvalue weighted by atomic mass is 10.0. The highest BCUT2D eigenvalue weighted by Crippen LogP contribution is 2.18. The molecule has 0 saturated carbocycles. The molecule has 1 saturated heterocycles. The van der Waals surface area contributed by atoms with E-state index in [1.54, 1.807) is 36.3 Å². The number of amides is 2. The van der Waals surface area contributed by atoms with Gasteiger partial charge in [0, 0.05) is 18.7 Å². The van der Waals surface area contributed by atoms with Crippen molar-refractivity contribution in [2.75, 3.05) is 33.4 Å². The highest BCUT2D eigenvalue weighted by molar-refractivity contribution is 5.98. The molecule has 1 aliphatic heterocycles. The summed E-state index contributed by atoms with van der Waals surface area (Å²) in [5.74, 6) is 0.245. The lowest BCUT2D eigenvalue weighted by Gasteiger charge is -2.31. The molecule has 6 heteroatoms. The third kappa shape index (κ3) is 4.21. The molecule has 26 heavy (non-hydrogen) atoms. The number of nitrogens with one attached hydrogen (secondary N) is 1. The van der Waals surface area contributed by atoms with Crippen LogP contribution in [-0.2, 0) is 9.53 Å². The molecule has 1 atom stereocenters. The normalized spacial score (nSPS) is 15.2. The van der Waals surface area contributed by atoms with Crippen molar-refractivity contribution in [3.8, 4) is 5.75 Å². The van der Waals surface area contributed by atoms with Gasteiger partial charge >= 0.3 is 0 Å². The van der Waals surface area contributed by atoms with E-state index in [2.05, 4.69) is 5.32 Å². The fourth-order valence-corrected chi connectivity index (χ4v) is 2.86. The van der Waals surface area contributed by atoms with Gasteiger partial charge in [0.05, 0.1) is 20.3 Å². The summed E-state index contributed by atoms with van der Waals surface area (Å²) in [6, 6.07) is 15.3. The molecule has 2 amide bonds. The Bertz CT molecular complexity index is 740. The van der Waals surface area contributed by atoms with Gasteiger partial charge in [-0.05, 0) is 29.8 Å². The Labute approximate surface area is 152 Å². The van der Waals surface area contributed by atoms with Crippen molar-refractivity contribution in [3.05, 3.63) is 65.7 Å². The zero-order valence-corrected chi connectivity index (χ0v) is 14.7. The summed E-state index contributed by atoms with van der Waals surface area (Å²) in [5.41, 5.74) is 1.23. The Morgan fingerprint density at radius 3 is 2.31 bits per heavy atom. The molecule has 0 radical (unpaired) electrons. The minimum atomic E-state index is -0.732. The van der Waals surface area contributed by atoms with E-state index in [9.17, 15) is 9.59 Å². The quantitative estimate of drug-likeness (QED) is 0.892. The van der Waals surface area contributed by atoms with E-state index in [1.165, 1.54) is 0 Å². The first kappa shape index (κ1) is 17.9. The Morgan fingerprint density at radius 1 is 1.04 bits per heavy atom. The maximum absolute atomic E-state index is 13.0. The van der Waals surface area contributed by atoms with Gasteiger partial charge in [0.25, 0.3) is 5.91 Å². The molecule has 1 aliphatic rings. The molecule has 0 aliphatic carbocycles. The molecule has 6 nitrogen and oxygen atoms in total. The zero-order chi connectivity index (χ0) is 18.4. The smallest absolute Gasteiger partial charge is 0.252 e. The summed E-state index contributed by atoms with van der Waals surface area (Å²) in [6.45, 7) is 2.08. The summed E-state index contributed by atoms with van der Waals surface area (Å²) in [4.78, 5) is 27.4. The van der Waals surface area contributed by atoms with Gasteiger partial charge < -0.3 is 19.7 Å². The third-order valence-electron chi connectivity index (χ3n) is 4.33. The van der Waals surface area contributed by atoms with Crippen LogP contribution in [0.3, 0.4) is 0 Å². The number of hydrogen-bond acceptors (Lipinski definition) is 4. The first-order valence-electron chi connectivity index (χ1n) is 8.55. The number of nitrogens with zero attached hydrogens (tertiary/aromatic N) is 1. The topological polar surface area (TPSA) is 67.9 Å². The molecular weight excluding hydrogens is 332 g/mol. The standard InChI is InChI=1S/C20H22N2O4/c1-25-17-9-7-16(8-10-17)19(23)21-18(15-5-3-2-4-6-15)20(24)22-11-13-26-14-12-22/h2-10,18H,11-14H2,1H3,(H,21,23)/t18-/m0/s1. The molecule has 2 aromatic rings. The minimum absolute atomic E-state index is 0.124. The second-order valence-corrected chi connectivity index (χ2v) is 5.98. The van der Waals surface area contributed by atoms with E-state index in [1.807, 2.05) is 30.3 Å². The van der Waals surface area contributed by atoms with E-state index < -0.39 is 6.04 Å². The molecular formula is C20H22N2O4. The summed E-state index contributed by atoms with van der Waals surface area (Å²) in [5, 5.41) is 2.87. The van der Waals surface area contributed by atoms with Crippen LogP contribution >= 0.6 is 0 Å². The fourth-order valence-electron chi connectivity index (χ4n) is 2.86. The van der Waals surface area contributed by atoms with Crippen LogP contribution in [0.4, 0.5) is 0 Å². The molecule has 3 rings (SSSR count). The average molecular weight is 354 g/mol. The number of methoxy groups -OCH3 is 1. The van der Waals surface area contributed by atoms with Crippen molar-refractivity contribution in [2.24, 2.45) is 0 Å². The summed E-state index contributed by atoms with van der Waals surface area (Å²) in [7, 11) is 1.57. The summed E-state index contributed by atoms with van der Waals surface area (Å²) >= 11 is 0. The van der Waals surface area contributed by atoms with Crippen LogP contribution in [0.15, 0.2) is 54.6 Å². The lowest BCUT2D eigenvalue weighted by molar-refractivity contribution is -0.137. The predicted octanol–water partition coefficient (Wildman–Crippen LogP) is 2.03. The maximum Gasteiger partial charge on any atom is 0.252 e. The number of hydrogen-bond donors (Lipinski definition) is 1. The highest BCUT2D eigenvalue weighted by atomic mass is 16.5. The van der Waals surface area contributed by atoms with Crippen LogP contribution in [0.5, 0.6) is 5.75 Å². The molecule has 0 spiro atoms. The van der Waals surface area contributed by atoms with Gasteiger partial charge in [-0.15, -0.1) is 0 Å². The summed E-state index contributed by atoms with van der Waals surface area (Å²) < 4.78 is 10.4. The second kappa shape index (κ2) is 8.49. The molecule has 0 bridgehead atoms. The largest absolute Gasteiger partial charge is 0.497 e. The average Bonchev–Trinajstić information content (AvgIpc) is 2.72. The van der Waals surface area contributed by atoms with Crippen molar-refractivity contribution in [1.29, 1.82) is 0 Å². The Balaban J connectivity index is 1.80. The van der Waals surface area contributed by atoms with Crippen molar-refractivity contribution in [2.45, 2.75) is 6.04 Å². The zero-order valence-electron chi connectivity index (χ0n) is 14.7. The molecule has 136 valence electrons. The Hall–Kier alpha value is -2.86. The van der Waals surface area contributed by atoms with Gasteiger partial charge in [-0.2, -0.15) is 0 Å². The number of carbonyl (C=O) groups is 2. The number of benzene rings is 2. The minimum Gasteiger partial charge on any atom is -0.497 e. The van der Waals surface area contributed by atoms with Gasteiger partial charge in [-0.25, -0.2) is 0 Å². The van der Waals surface area contributed by atoms with E-state index in [0.29, 0.717) is 37.6 Å². The van der Waals surface area contributed by atoms with Crippen LogP contribution < -0.4 is 10.1 Å². The second-order valence-electron chi connectivity index (χ2n) is 5.98. The van der Waals surface area contributed by atoms with Crippen LogP contribution in [0.1, 0.15) is 22.0 Å². The van der Waals surface area contributed by atoms with Crippen molar-refractivity contribution in [1.82, 2.24) is 10.2 Å². The van der Waals surface area contributed by atoms with Crippen LogP contribution in [-0.4, -0.2) is 50.1 Å². The van der Waals surface area contributed by atoms with Crippen LogP contribution in [0.25, 0.3) is 0 Å². The van der Waals surface area contributed by atoms with Crippen LogP contribution in [0.2, 0.25) is 0 Å². The first-order chi connectivity index (χ1) is 12.7. The molecule has 1 N–H and O–H groups in total. The highest BCUT2D eigenvalue weighted by Gasteiger charge is 2.28. The lowest BCUT2D eigenvalue weighted by Crippen LogP contribution is -2.47. The van der Waals surface area contributed by atoms with Crippen molar-refractivity contribution in [3.63, 3.8) is 0 Å². The first-order valence-corrected chi connectivity index (χ1v) is 8.55. The molecule has 1 heterocycles. The summed E-state index contributed by atoms with van der Waals surface area (Å²) in [6.07, 6.45) is 0. The number of morpholine rings is 1. The van der Waals surface area contributed by atoms with Gasteiger partial charge in [0.2, 0.25) is 5.91 Å². The van der Waals surface area contributed by atoms with Crippen molar-refractivity contribution < 1.29 is 19.1 Å². The van der Waals surface area contributed by atoms with E-state index in [0.717, 1.165) is 5.56 Å². The van der Waals surface area contributed by atoms with Crippen molar-refractivity contribution >= 4 is 11.8 Å². The van der Waals surface area contributed by atoms with E-state index in [-0.39, 0.29) is 11.8 Å². The maximum atomic E-state index is 13.0. The van der Waals surface area contributed by atoms with Gasteiger partial charge in [0.15, 0.2) is 0 Å². The van der Waals surface area contributed by atoms with E-state index in [4.69, 9.17) is 9.47 Å². The van der Waals surface area contributed by atoms with Crippen LogP contribution in [0, 0.1) is 0 Å². The number of carbonyl (C=O) groups excluding carboxylic acids is 2. The molecule has 0 aromatic heterocycles. The van der Waals surface area contributed by atoms with E-state index >= 15 is 0 Å². The van der Waals surface area contributed by atoms with Gasteiger partial charge in [-0.1, -0.05) is 30.3 Å². The number of rotatable bonds is 5. The fraction of sp³-hybridized carbons (Fsp3) is 0.300. The molecule has 0 unspecified atom stereocenters. The molecule has 1 fully saturated rings. The monoisotopic (exact) mass is 354 g/mol. The predicted molar refractivity (Wildman–Crippen MR) is 97.0 cm³/mol. The number of ether oxygens (including phenoxy) is 2. The third-order valence-corrected chi connectivity index (χ3v) is 4.33.